The molecule has 1 aromatic rings. The van der Waals surface area contributed by atoms with Crippen molar-refractivity contribution in [2.24, 2.45) is 12.2 Å². The molecule has 10 heteroatoms. The molecule has 0 spiro atoms. The van der Waals surface area contributed by atoms with Crippen molar-refractivity contribution in [3.8, 4) is 0 Å². The predicted octanol–water partition coefficient (Wildman–Crippen LogP) is -1.14. The Hall–Kier alpha value is -0.970. The Morgan fingerprint density at radius 2 is 2.11 bits per heavy atom. The number of primary sulfonamides is 1. The Kier molecular flexibility index (Phi) is 3.69. The molecule has 1 saturated heterocycles. The van der Waals surface area contributed by atoms with E-state index in [4.69, 9.17) is 5.14 Å². The first-order valence-electron chi connectivity index (χ1n) is 5.71. The van der Waals surface area contributed by atoms with Gasteiger partial charge in [-0.1, -0.05) is 0 Å². The highest BCUT2D eigenvalue weighted by Gasteiger charge is 2.37. The Morgan fingerprint density at radius 1 is 1.42 bits per heavy atom. The number of hydrogen-bond acceptors (Lipinski definition) is 5. The van der Waals surface area contributed by atoms with Gasteiger partial charge in [-0.25, -0.2) is 22.0 Å². The van der Waals surface area contributed by atoms with Gasteiger partial charge in [-0.15, -0.1) is 0 Å². The molecule has 2 rings (SSSR count). The van der Waals surface area contributed by atoms with E-state index in [0.29, 0.717) is 19.4 Å². The van der Waals surface area contributed by atoms with E-state index in [0.717, 1.165) is 0 Å². The molecule has 1 unspecified atom stereocenters. The monoisotopic (exact) mass is 308 g/mol. The topological polar surface area (TPSA) is 115 Å². The minimum atomic E-state index is -3.71. The van der Waals surface area contributed by atoms with E-state index >= 15 is 0 Å². The second-order valence-electron chi connectivity index (χ2n) is 4.59. The molecule has 2 N–H and O–H groups in total. The van der Waals surface area contributed by atoms with Crippen molar-refractivity contribution < 1.29 is 16.8 Å². The lowest BCUT2D eigenvalue weighted by Crippen LogP contribution is -2.40. The fraction of sp³-hybridized carbons (Fsp3) is 0.667. The molecule has 1 aliphatic rings. The summed E-state index contributed by atoms with van der Waals surface area (Å²) < 4.78 is 49.6. The Morgan fingerprint density at radius 3 is 2.63 bits per heavy atom. The zero-order valence-electron chi connectivity index (χ0n) is 10.4. The fourth-order valence-corrected chi connectivity index (χ4v) is 4.88. The number of aryl methyl sites for hydroxylation is 1. The zero-order chi connectivity index (χ0) is 14.3. The summed E-state index contributed by atoms with van der Waals surface area (Å²) in [5.74, 6) is -0.355. The highest BCUT2D eigenvalue weighted by Crippen LogP contribution is 2.26. The van der Waals surface area contributed by atoms with Crippen molar-refractivity contribution in [1.82, 2.24) is 14.1 Å². The first kappa shape index (κ1) is 14.4. The van der Waals surface area contributed by atoms with E-state index in [1.165, 1.54) is 21.4 Å². The zero-order valence-corrected chi connectivity index (χ0v) is 12.1. The number of sulfonamides is 2. The maximum absolute atomic E-state index is 12.4. The van der Waals surface area contributed by atoms with E-state index < -0.39 is 26.1 Å². The van der Waals surface area contributed by atoms with Crippen LogP contribution in [0.1, 0.15) is 12.8 Å². The molecule has 1 aromatic heterocycles. The second kappa shape index (κ2) is 4.85. The van der Waals surface area contributed by atoms with Crippen LogP contribution in [0.4, 0.5) is 0 Å². The summed E-state index contributed by atoms with van der Waals surface area (Å²) in [6, 6.07) is -0.597. The summed E-state index contributed by atoms with van der Waals surface area (Å²) in [4.78, 5) is 0.0660. The smallest absolute Gasteiger partial charge is 0.246 e. The van der Waals surface area contributed by atoms with Gasteiger partial charge in [-0.2, -0.15) is 9.40 Å². The minimum Gasteiger partial charge on any atom is -0.274 e. The normalized spacial score (nSPS) is 21.9. The first-order chi connectivity index (χ1) is 8.70. The molecule has 1 atom stereocenters. The molecule has 0 aromatic carbocycles. The van der Waals surface area contributed by atoms with E-state index in [2.05, 4.69) is 5.10 Å². The van der Waals surface area contributed by atoms with Crippen molar-refractivity contribution in [1.29, 1.82) is 0 Å². The molecule has 0 saturated carbocycles. The second-order valence-corrected chi connectivity index (χ2v) is 8.14. The van der Waals surface area contributed by atoms with Gasteiger partial charge in [0.25, 0.3) is 0 Å². The molecular weight excluding hydrogens is 292 g/mol. The summed E-state index contributed by atoms with van der Waals surface area (Å²) in [5, 5.41) is 8.82. The van der Waals surface area contributed by atoms with Crippen LogP contribution in [-0.4, -0.2) is 49.3 Å². The molecule has 8 nitrogen and oxygen atoms in total. The third-order valence-corrected chi connectivity index (χ3v) is 5.79. The molecule has 19 heavy (non-hydrogen) atoms. The number of aromatic nitrogens is 2. The number of nitrogens with zero attached hydrogens (tertiary/aromatic N) is 3. The quantitative estimate of drug-likeness (QED) is 0.755. The van der Waals surface area contributed by atoms with Crippen LogP contribution in [0.25, 0.3) is 0 Å². The van der Waals surface area contributed by atoms with E-state index in [1.54, 1.807) is 7.05 Å². The van der Waals surface area contributed by atoms with Crippen molar-refractivity contribution in [3.05, 3.63) is 12.4 Å². The molecule has 108 valence electrons. The van der Waals surface area contributed by atoms with Crippen LogP contribution < -0.4 is 5.14 Å². The Balaban J connectivity index is 2.29. The van der Waals surface area contributed by atoms with E-state index in [9.17, 15) is 16.8 Å². The van der Waals surface area contributed by atoms with Gasteiger partial charge in [0.15, 0.2) is 0 Å². The highest BCUT2D eigenvalue weighted by atomic mass is 32.2. The Labute approximate surface area is 112 Å². The summed E-state index contributed by atoms with van der Waals surface area (Å²) in [6.07, 6.45) is 3.76. The van der Waals surface area contributed by atoms with Gasteiger partial charge >= 0.3 is 0 Å². The molecule has 0 aliphatic carbocycles. The maximum atomic E-state index is 12.4. The van der Waals surface area contributed by atoms with Gasteiger partial charge in [-0.05, 0) is 12.8 Å². The summed E-state index contributed by atoms with van der Waals surface area (Å²) in [6.45, 7) is 0.303. The van der Waals surface area contributed by atoms with Gasteiger partial charge in [0, 0.05) is 25.8 Å². The fourth-order valence-electron chi connectivity index (χ4n) is 2.23. The summed E-state index contributed by atoms with van der Waals surface area (Å²) in [7, 11) is -5.80. The van der Waals surface area contributed by atoms with E-state index in [-0.39, 0.29) is 10.6 Å². The molecule has 0 bridgehead atoms. The van der Waals surface area contributed by atoms with Gasteiger partial charge in [0.1, 0.15) is 4.90 Å². The lowest BCUT2D eigenvalue weighted by atomic mass is 10.3. The number of rotatable bonds is 4. The largest absolute Gasteiger partial charge is 0.274 e. The van der Waals surface area contributed by atoms with Crippen molar-refractivity contribution in [3.63, 3.8) is 0 Å². The van der Waals surface area contributed by atoms with Gasteiger partial charge in [0.05, 0.1) is 11.9 Å². The van der Waals surface area contributed by atoms with Crippen LogP contribution in [-0.2, 0) is 27.1 Å². The van der Waals surface area contributed by atoms with Crippen LogP contribution in [0, 0.1) is 0 Å². The van der Waals surface area contributed by atoms with Crippen molar-refractivity contribution >= 4 is 20.0 Å². The van der Waals surface area contributed by atoms with E-state index in [1.807, 2.05) is 0 Å². The lowest BCUT2D eigenvalue weighted by molar-refractivity contribution is 0.408. The number of hydrogen-bond donors (Lipinski definition) is 1. The third-order valence-electron chi connectivity index (χ3n) is 3.04. The minimum absolute atomic E-state index is 0.0660. The standard InChI is InChI=1S/C9H16N4O4S2/c1-12-6-9(5-11-12)19(16,17)13-4-2-3-8(13)7-18(10,14)15/h5-6,8H,2-4,7H2,1H3,(H2,10,14,15). The molecule has 0 amide bonds. The Bertz CT molecular complexity index is 664. The van der Waals surface area contributed by atoms with Gasteiger partial charge in [-0.3, -0.25) is 4.68 Å². The van der Waals surface area contributed by atoms with Crippen molar-refractivity contribution in [2.45, 2.75) is 23.8 Å². The van der Waals surface area contributed by atoms with Crippen LogP contribution in [0.3, 0.4) is 0 Å². The first-order valence-corrected chi connectivity index (χ1v) is 8.87. The average molecular weight is 308 g/mol. The summed E-state index contributed by atoms with van der Waals surface area (Å²) >= 11 is 0. The molecule has 0 radical (unpaired) electrons. The summed E-state index contributed by atoms with van der Waals surface area (Å²) in [5.41, 5.74) is 0. The van der Waals surface area contributed by atoms with Gasteiger partial charge in [0.2, 0.25) is 20.0 Å². The van der Waals surface area contributed by atoms with Crippen LogP contribution >= 0.6 is 0 Å². The third kappa shape index (κ3) is 3.14. The van der Waals surface area contributed by atoms with Crippen molar-refractivity contribution in [2.75, 3.05) is 12.3 Å². The van der Waals surface area contributed by atoms with Crippen LogP contribution in [0.5, 0.6) is 0 Å². The molecular formula is C9H16N4O4S2. The molecule has 1 fully saturated rings. The predicted molar refractivity (Wildman–Crippen MR) is 68.1 cm³/mol. The highest BCUT2D eigenvalue weighted by molar-refractivity contribution is 7.90. The lowest BCUT2D eigenvalue weighted by Gasteiger charge is -2.22. The maximum Gasteiger partial charge on any atom is 0.246 e. The average Bonchev–Trinajstić information content (AvgIpc) is 2.84. The molecule has 2 heterocycles. The van der Waals surface area contributed by atoms with Crippen LogP contribution in [0.2, 0.25) is 0 Å². The van der Waals surface area contributed by atoms with Gasteiger partial charge < -0.3 is 0 Å². The molecule has 1 aliphatic heterocycles. The SMILES string of the molecule is Cn1cc(S(=O)(=O)N2CCCC2CS(N)(=O)=O)cn1. The number of nitrogens with two attached hydrogens (primary N) is 1. The van der Waals surface area contributed by atoms with Crippen LogP contribution in [0.15, 0.2) is 17.3 Å².